The van der Waals surface area contributed by atoms with Crippen LogP contribution in [0.5, 0.6) is 0 Å². The molecule has 2 fully saturated rings. The van der Waals surface area contributed by atoms with E-state index in [0.717, 1.165) is 25.0 Å². The van der Waals surface area contributed by atoms with Crippen molar-refractivity contribution < 1.29 is 8.42 Å². The van der Waals surface area contributed by atoms with Crippen molar-refractivity contribution in [3.05, 3.63) is 18.0 Å². The molecule has 5 nitrogen and oxygen atoms in total. The summed E-state index contributed by atoms with van der Waals surface area (Å²) in [6.07, 6.45) is 7.04. The molecule has 2 aliphatic carbocycles. The van der Waals surface area contributed by atoms with Gasteiger partial charge in [0.2, 0.25) is 10.0 Å². The van der Waals surface area contributed by atoms with E-state index < -0.39 is 10.0 Å². The lowest BCUT2D eigenvalue weighted by molar-refractivity contribution is 0.538. The molecule has 2 saturated carbocycles. The number of H-pyrrole nitrogens is 1. The van der Waals surface area contributed by atoms with Crippen LogP contribution >= 0.6 is 0 Å². The molecule has 0 aliphatic heterocycles. The number of aromatic nitrogens is 1. The highest BCUT2D eigenvalue weighted by atomic mass is 32.2. The Morgan fingerprint density at radius 1 is 1.25 bits per heavy atom. The van der Waals surface area contributed by atoms with Gasteiger partial charge >= 0.3 is 0 Å². The Labute approximate surface area is 120 Å². The fourth-order valence-electron chi connectivity index (χ4n) is 2.82. The molecule has 2 unspecified atom stereocenters. The molecule has 0 bridgehead atoms. The maximum absolute atomic E-state index is 12.3. The Balaban J connectivity index is 1.61. The molecule has 20 heavy (non-hydrogen) atoms. The third-order valence-corrected chi connectivity index (χ3v) is 5.70. The van der Waals surface area contributed by atoms with Crippen molar-refractivity contribution in [3.8, 4) is 0 Å². The predicted octanol–water partition coefficient (Wildman–Crippen LogP) is 1.73. The van der Waals surface area contributed by atoms with Crippen molar-refractivity contribution in [2.45, 2.75) is 62.6 Å². The fraction of sp³-hybridized carbons (Fsp3) is 0.714. The summed E-state index contributed by atoms with van der Waals surface area (Å²) in [4.78, 5) is 3.40. The maximum Gasteiger partial charge on any atom is 0.242 e. The lowest BCUT2D eigenvalue weighted by Crippen LogP contribution is -2.32. The molecule has 0 spiro atoms. The van der Waals surface area contributed by atoms with Crippen LogP contribution in [0, 0.1) is 5.92 Å². The van der Waals surface area contributed by atoms with Gasteiger partial charge in [-0.3, -0.25) is 0 Å². The molecule has 2 aliphatic rings. The first-order valence-electron chi connectivity index (χ1n) is 7.46. The van der Waals surface area contributed by atoms with Crippen LogP contribution in [0.15, 0.2) is 17.2 Å². The lowest BCUT2D eigenvalue weighted by atomic mass is 10.1. The minimum Gasteiger partial charge on any atom is -0.363 e. The Kier molecular flexibility index (Phi) is 3.88. The topological polar surface area (TPSA) is 74.0 Å². The lowest BCUT2D eigenvalue weighted by Gasteiger charge is -2.11. The van der Waals surface area contributed by atoms with E-state index in [4.69, 9.17) is 0 Å². The third kappa shape index (κ3) is 3.42. The van der Waals surface area contributed by atoms with E-state index in [0.29, 0.717) is 23.4 Å². The normalized spacial score (nSPS) is 27.1. The summed E-state index contributed by atoms with van der Waals surface area (Å²) in [5.74, 6) is 0.618. The van der Waals surface area contributed by atoms with Crippen LogP contribution in [0.4, 0.5) is 0 Å². The molecular formula is C14H23N3O2S. The standard InChI is InChI=1S/C14H23N3O2S/c1-10-2-3-12(6-10)17-20(18,19)14-7-13(16-9-14)8-15-11-4-5-11/h7,9-12,15-17H,2-6,8H2,1H3. The van der Waals surface area contributed by atoms with Crippen LogP contribution in [0.3, 0.4) is 0 Å². The number of aromatic amines is 1. The molecular weight excluding hydrogens is 274 g/mol. The van der Waals surface area contributed by atoms with E-state index in [2.05, 4.69) is 21.9 Å². The molecule has 1 aromatic heterocycles. The van der Waals surface area contributed by atoms with Crippen molar-refractivity contribution in [1.29, 1.82) is 0 Å². The minimum absolute atomic E-state index is 0.0953. The maximum atomic E-state index is 12.3. The number of hydrogen-bond donors (Lipinski definition) is 3. The molecule has 2 atom stereocenters. The number of hydrogen-bond acceptors (Lipinski definition) is 3. The first kappa shape index (κ1) is 14.1. The molecule has 1 aromatic rings. The Morgan fingerprint density at radius 2 is 2.00 bits per heavy atom. The summed E-state index contributed by atoms with van der Waals surface area (Å²) in [5.41, 5.74) is 0.928. The van der Waals surface area contributed by atoms with Gasteiger partial charge in [-0.2, -0.15) is 0 Å². The number of sulfonamides is 1. The Morgan fingerprint density at radius 3 is 2.65 bits per heavy atom. The van der Waals surface area contributed by atoms with Crippen molar-refractivity contribution in [1.82, 2.24) is 15.0 Å². The van der Waals surface area contributed by atoms with Crippen LogP contribution < -0.4 is 10.0 Å². The fourth-order valence-corrected chi connectivity index (χ4v) is 4.12. The summed E-state index contributed by atoms with van der Waals surface area (Å²) >= 11 is 0. The largest absolute Gasteiger partial charge is 0.363 e. The highest BCUT2D eigenvalue weighted by Crippen LogP contribution is 2.26. The smallest absolute Gasteiger partial charge is 0.242 e. The van der Waals surface area contributed by atoms with Gasteiger partial charge in [-0.15, -0.1) is 0 Å². The van der Waals surface area contributed by atoms with Crippen LogP contribution in [0.1, 0.15) is 44.7 Å². The second kappa shape index (κ2) is 5.50. The average Bonchev–Trinajstić information content (AvgIpc) is 2.93. The van der Waals surface area contributed by atoms with Gasteiger partial charge in [-0.1, -0.05) is 6.92 Å². The van der Waals surface area contributed by atoms with Gasteiger partial charge in [0.15, 0.2) is 0 Å². The SMILES string of the molecule is CC1CCC(NS(=O)(=O)c2c[nH]c(CNC3CC3)c2)C1. The van der Waals surface area contributed by atoms with Crippen LogP contribution in [-0.2, 0) is 16.6 Å². The first-order chi connectivity index (χ1) is 9.53. The monoisotopic (exact) mass is 297 g/mol. The van der Waals surface area contributed by atoms with E-state index in [9.17, 15) is 8.42 Å². The van der Waals surface area contributed by atoms with E-state index in [1.54, 1.807) is 12.3 Å². The molecule has 0 amide bonds. The zero-order valence-electron chi connectivity index (χ0n) is 11.9. The number of nitrogens with one attached hydrogen (secondary N) is 3. The molecule has 0 aromatic carbocycles. The molecule has 3 N–H and O–H groups in total. The second-order valence-corrected chi connectivity index (χ2v) is 7.97. The minimum atomic E-state index is -3.38. The first-order valence-corrected chi connectivity index (χ1v) is 8.94. The van der Waals surface area contributed by atoms with Gasteiger partial charge in [-0.05, 0) is 44.1 Å². The average molecular weight is 297 g/mol. The Hall–Kier alpha value is -0.850. The van der Waals surface area contributed by atoms with Gasteiger partial charge in [0, 0.05) is 30.5 Å². The van der Waals surface area contributed by atoms with Gasteiger partial charge in [0.05, 0.1) is 4.90 Å². The quantitative estimate of drug-likeness (QED) is 0.748. The van der Waals surface area contributed by atoms with Gasteiger partial charge in [0.25, 0.3) is 0 Å². The van der Waals surface area contributed by atoms with Crippen LogP contribution in [0.25, 0.3) is 0 Å². The molecule has 112 valence electrons. The summed E-state index contributed by atoms with van der Waals surface area (Å²) in [7, 11) is -3.38. The van der Waals surface area contributed by atoms with Crippen LogP contribution in [0.2, 0.25) is 0 Å². The van der Waals surface area contributed by atoms with Gasteiger partial charge in [-0.25, -0.2) is 13.1 Å². The van der Waals surface area contributed by atoms with Gasteiger partial charge in [0.1, 0.15) is 0 Å². The van der Waals surface area contributed by atoms with Crippen molar-refractivity contribution in [2.24, 2.45) is 5.92 Å². The number of rotatable bonds is 6. The second-order valence-electron chi connectivity index (χ2n) is 6.25. The molecule has 0 saturated heterocycles. The summed E-state index contributed by atoms with van der Waals surface area (Å²) in [6, 6.07) is 2.45. The summed E-state index contributed by atoms with van der Waals surface area (Å²) < 4.78 is 27.4. The highest BCUT2D eigenvalue weighted by molar-refractivity contribution is 7.89. The predicted molar refractivity (Wildman–Crippen MR) is 77.8 cm³/mol. The van der Waals surface area contributed by atoms with E-state index >= 15 is 0 Å². The zero-order chi connectivity index (χ0) is 14.2. The third-order valence-electron chi connectivity index (χ3n) is 4.20. The van der Waals surface area contributed by atoms with Crippen molar-refractivity contribution in [2.75, 3.05) is 0 Å². The van der Waals surface area contributed by atoms with E-state index in [1.165, 1.54) is 12.8 Å². The molecule has 1 heterocycles. The van der Waals surface area contributed by atoms with Gasteiger partial charge < -0.3 is 10.3 Å². The van der Waals surface area contributed by atoms with Crippen molar-refractivity contribution in [3.63, 3.8) is 0 Å². The molecule has 3 rings (SSSR count). The molecule has 0 radical (unpaired) electrons. The highest BCUT2D eigenvalue weighted by Gasteiger charge is 2.27. The summed E-state index contributed by atoms with van der Waals surface area (Å²) in [6.45, 7) is 2.88. The van der Waals surface area contributed by atoms with E-state index in [1.807, 2.05) is 0 Å². The summed E-state index contributed by atoms with van der Waals surface area (Å²) in [5, 5.41) is 3.37. The van der Waals surface area contributed by atoms with Crippen LogP contribution in [-0.4, -0.2) is 25.5 Å². The Bertz CT molecular complexity index is 563. The molecule has 6 heteroatoms. The van der Waals surface area contributed by atoms with E-state index in [-0.39, 0.29) is 6.04 Å². The zero-order valence-corrected chi connectivity index (χ0v) is 12.7. The van der Waals surface area contributed by atoms with Crippen molar-refractivity contribution >= 4 is 10.0 Å².